The van der Waals surface area contributed by atoms with Gasteiger partial charge < -0.3 is 5.32 Å². The number of amides is 1. The normalized spacial score (nSPS) is 11.5. The van der Waals surface area contributed by atoms with Crippen LogP contribution >= 0.6 is 11.6 Å². The Labute approximate surface area is 156 Å². The molecule has 0 unspecified atom stereocenters. The van der Waals surface area contributed by atoms with E-state index in [1.807, 2.05) is 31.2 Å². The van der Waals surface area contributed by atoms with Crippen LogP contribution in [0.15, 0.2) is 59.6 Å². The Morgan fingerprint density at radius 3 is 2.62 bits per heavy atom. The van der Waals surface area contributed by atoms with Gasteiger partial charge in [-0.3, -0.25) is 9.78 Å². The largest absolute Gasteiger partial charge is 0.324 e. The zero-order valence-electron chi connectivity index (χ0n) is 14.1. The maximum absolute atomic E-state index is 12.3. The van der Waals surface area contributed by atoms with E-state index in [4.69, 9.17) is 11.6 Å². The van der Waals surface area contributed by atoms with Crippen molar-refractivity contribution in [2.75, 3.05) is 11.1 Å². The molecule has 0 aliphatic heterocycles. The number of carbonyl (C=O) groups is 1. The molecule has 0 spiro atoms. The average molecular weight is 389 g/mol. The van der Waals surface area contributed by atoms with Crippen molar-refractivity contribution in [3.8, 4) is 0 Å². The van der Waals surface area contributed by atoms with E-state index in [0.717, 1.165) is 10.9 Å². The summed E-state index contributed by atoms with van der Waals surface area (Å²) in [5.74, 6) is -0.655. The highest BCUT2D eigenvalue weighted by atomic mass is 35.5. The molecule has 0 saturated carbocycles. The maximum atomic E-state index is 12.3. The summed E-state index contributed by atoms with van der Waals surface area (Å²) >= 11 is 5.78. The summed E-state index contributed by atoms with van der Waals surface area (Å²) in [5.41, 5.74) is 2.23. The molecule has 0 bridgehead atoms. The first-order valence-electron chi connectivity index (χ1n) is 7.99. The highest BCUT2D eigenvalue weighted by Crippen LogP contribution is 2.23. The molecule has 0 radical (unpaired) electrons. The third kappa shape index (κ3) is 4.20. The molecule has 0 aliphatic rings. The first kappa shape index (κ1) is 18.4. The first-order valence-corrected chi connectivity index (χ1v) is 10.0. The number of nitrogens with zero attached hydrogens (tertiary/aromatic N) is 1. The number of aromatic nitrogens is 1. The third-order valence-corrected chi connectivity index (χ3v) is 5.88. The molecule has 0 aliphatic carbocycles. The number of hydrogen-bond donors (Lipinski definition) is 1. The van der Waals surface area contributed by atoms with Crippen LogP contribution in [0.1, 0.15) is 12.0 Å². The molecule has 3 aromatic rings. The van der Waals surface area contributed by atoms with Gasteiger partial charge in [-0.25, -0.2) is 8.42 Å². The van der Waals surface area contributed by atoms with Gasteiger partial charge >= 0.3 is 0 Å². The smallest absolute Gasteiger partial charge is 0.225 e. The van der Waals surface area contributed by atoms with Gasteiger partial charge in [0.1, 0.15) is 0 Å². The lowest BCUT2D eigenvalue weighted by molar-refractivity contribution is -0.115. The molecule has 0 saturated heterocycles. The number of halogens is 1. The maximum Gasteiger partial charge on any atom is 0.225 e. The van der Waals surface area contributed by atoms with Crippen LogP contribution in [0.3, 0.4) is 0 Å². The van der Waals surface area contributed by atoms with Gasteiger partial charge in [0.05, 0.1) is 21.9 Å². The molecule has 0 atom stereocenters. The molecule has 5 nitrogen and oxygen atoms in total. The molecular formula is C19H17ClN2O3S. The van der Waals surface area contributed by atoms with E-state index in [1.165, 1.54) is 24.3 Å². The summed E-state index contributed by atoms with van der Waals surface area (Å²) in [4.78, 5) is 16.7. The molecule has 1 amide bonds. The zero-order chi connectivity index (χ0) is 18.7. The van der Waals surface area contributed by atoms with Crippen molar-refractivity contribution in [2.24, 2.45) is 0 Å². The number of anilines is 1. The number of sulfone groups is 1. The second-order valence-electron chi connectivity index (χ2n) is 5.96. The fourth-order valence-electron chi connectivity index (χ4n) is 2.64. The second-order valence-corrected chi connectivity index (χ2v) is 8.50. The summed E-state index contributed by atoms with van der Waals surface area (Å²) in [6.45, 7) is 1.92. The molecule has 1 aromatic heterocycles. The van der Waals surface area contributed by atoms with E-state index in [9.17, 15) is 13.2 Å². The predicted molar refractivity (Wildman–Crippen MR) is 103 cm³/mol. The van der Waals surface area contributed by atoms with E-state index in [0.29, 0.717) is 16.2 Å². The number of pyridine rings is 1. The summed E-state index contributed by atoms with van der Waals surface area (Å²) in [7, 11) is -3.55. The quantitative estimate of drug-likeness (QED) is 0.716. The predicted octanol–water partition coefficient (Wildman–Crippen LogP) is 4.00. The van der Waals surface area contributed by atoms with Crippen molar-refractivity contribution in [3.05, 3.63) is 65.3 Å². The Kier molecular flexibility index (Phi) is 5.25. The topological polar surface area (TPSA) is 76.1 Å². The van der Waals surface area contributed by atoms with Crippen molar-refractivity contribution in [1.29, 1.82) is 0 Å². The van der Waals surface area contributed by atoms with Crippen molar-refractivity contribution >= 4 is 43.9 Å². The lowest BCUT2D eigenvalue weighted by atomic mass is 10.1. The van der Waals surface area contributed by atoms with Gasteiger partial charge in [-0.05, 0) is 55.0 Å². The van der Waals surface area contributed by atoms with Crippen LogP contribution in [0.2, 0.25) is 5.02 Å². The number of benzene rings is 2. The Balaban J connectivity index is 1.73. The number of fused-ring (bicyclic) bond motifs is 1. The van der Waals surface area contributed by atoms with Crippen LogP contribution in [0.4, 0.5) is 5.69 Å². The Hall–Kier alpha value is -2.44. The molecule has 0 fully saturated rings. The molecule has 2 aromatic carbocycles. The molecule has 26 heavy (non-hydrogen) atoms. The summed E-state index contributed by atoms with van der Waals surface area (Å²) in [6.07, 6.45) is 1.51. The van der Waals surface area contributed by atoms with Crippen LogP contribution in [0, 0.1) is 6.92 Å². The van der Waals surface area contributed by atoms with Crippen LogP contribution in [0.5, 0.6) is 0 Å². The van der Waals surface area contributed by atoms with Gasteiger partial charge in [-0.15, -0.1) is 0 Å². The van der Waals surface area contributed by atoms with Crippen LogP contribution < -0.4 is 5.32 Å². The fraction of sp³-hybridized carbons (Fsp3) is 0.158. The SMILES string of the molecule is Cc1cc(NC(=O)CCS(=O)(=O)c2ccc(Cl)cc2)c2ncccc2c1. The number of nitrogens with one attached hydrogen (secondary N) is 1. The van der Waals surface area contributed by atoms with Crippen LogP contribution in [0.25, 0.3) is 10.9 Å². The Morgan fingerprint density at radius 1 is 1.15 bits per heavy atom. The minimum Gasteiger partial charge on any atom is -0.324 e. The Bertz CT molecular complexity index is 1060. The van der Waals surface area contributed by atoms with Gasteiger partial charge in [0, 0.05) is 23.0 Å². The summed E-state index contributed by atoms with van der Waals surface area (Å²) < 4.78 is 24.7. The highest BCUT2D eigenvalue weighted by molar-refractivity contribution is 7.91. The Morgan fingerprint density at radius 2 is 1.88 bits per heavy atom. The fourth-order valence-corrected chi connectivity index (χ4v) is 4.00. The van der Waals surface area contributed by atoms with Crippen molar-refractivity contribution in [2.45, 2.75) is 18.2 Å². The average Bonchev–Trinajstić information content (AvgIpc) is 2.60. The number of carbonyl (C=O) groups excluding carboxylic acids is 1. The molecule has 3 rings (SSSR count). The monoisotopic (exact) mass is 388 g/mol. The molecule has 1 heterocycles. The van der Waals surface area contributed by atoms with Crippen LogP contribution in [-0.4, -0.2) is 25.1 Å². The first-order chi connectivity index (χ1) is 12.3. The van der Waals surface area contributed by atoms with Gasteiger partial charge in [0.2, 0.25) is 5.91 Å². The number of rotatable bonds is 5. The number of hydrogen-bond acceptors (Lipinski definition) is 4. The lowest BCUT2D eigenvalue weighted by Crippen LogP contribution is -2.17. The van der Waals surface area contributed by atoms with E-state index in [2.05, 4.69) is 10.3 Å². The summed E-state index contributed by atoms with van der Waals surface area (Å²) in [6, 6.07) is 13.4. The van der Waals surface area contributed by atoms with Gasteiger partial charge in [-0.1, -0.05) is 17.7 Å². The van der Waals surface area contributed by atoms with Crippen LogP contribution in [-0.2, 0) is 14.6 Å². The van der Waals surface area contributed by atoms with Gasteiger partial charge in [0.15, 0.2) is 9.84 Å². The van der Waals surface area contributed by atoms with Crippen molar-refractivity contribution in [3.63, 3.8) is 0 Å². The standard InChI is InChI=1S/C19H17ClN2O3S/c1-13-11-14-3-2-9-21-19(14)17(12-13)22-18(23)8-10-26(24,25)16-6-4-15(20)5-7-16/h2-7,9,11-12H,8,10H2,1H3,(H,22,23). The zero-order valence-corrected chi connectivity index (χ0v) is 15.6. The van der Waals surface area contributed by atoms with E-state index in [1.54, 1.807) is 6.20 Å². The summed E-state index contributed by atoms with van der Waals surface area (Å²) in [5, 5.41) is 4.14. The third-order valence-electron chi connectivity index (χ3n) is 3.89. The van der Waals surface area contributed by atoms with E-state index < -0.39 is 9.84 Å². The molecule has 1 N–H and O–H groups in total. The number of aryl methyl sites for hydroxylation is 1. The van der Waals surface area contributed by atoms with Gasteiger partial charge in [0.25, 0.3) is 0 Å². The second kappa shape index (κ2) is 7.43. The highest BCUT2D eigenvalue weighted by Gasteiger charge is 2.17. The van der Waals surface area contributed by atoms with E-state index in [-0.39, 0.29) is 23.0 Å². The molecule has 7 heteroatoms. The van der Waals surface area contributed by atoms with Gasteiger partial charge in [-0.2, -0.15) is 0 Å². The van der Waals surface area contributed by atoms with Crippen molar-refractivity contribution < 1.29 is 13.2 Å². The van der Waals surface area contributed by atoms with Crippen molar-refractivity contribution in [1.82, 2.24) is 4.98 Å². The lowest BCUT2D eigenvalue weighted by Gasteiger charge is -2.10. The minimum atomic E-state index is -3.55. The van der Waals surface area contributed by atoms with E-state index >= 15 is 0 Å². The minimum absolute atomic E-state index is 0.146. The molecule has 134 valence electrons. The molecular weight excluding hydrogens is 372 g/mol.